The van der Waals surface area contributed by atoms with Crippen molar-refractivity contribution in [2.45, 2.75) is 96.1 Å². The van der Waals surface area contributed by atoms with Crippen molar-refractivity contribution >= 4 is 0 Å². The van der Waals surface area contributed by atoms with E-state index >= 15 is 0 Å². The average Bonchev–Trinajstić information content (AvgIpc) is 2.83. The van der Waals surface area contributed by atoms with Gasteiger partial charge in [-0.1, -0.05) is 13.8 Å². The zero-order valence-corrected chi connectivity index (χ0v) is 16.0. The molecule has 4 rings (SSSR count). The SMILES string of the molecule is C[C@H](O)[C@@]1(O)CC[C@H]2[C@@H]3C[C@H](O)[C@H]4C[C@H](O)CC[C@]4(C)[C@H]3CC[C@@]21C. The number of rotatable bonds is 1. The molecule has 0 spiro atoms. The third kappa shape index (κ3) is 2.27. The first-order valence-electron chi connectivity index (χ1n) is 10.4. The molecule has 4 aliphatic rings. The Bertz CT molecular complexity index is 536. The summed E-state index contributed by atoms with van der Waals surface area (Å²) >= 11 is 0. The highest BCUT2D eigenvalue weighted by Crippen LogP contribution is 2.68. The molecule has 0 aromatic rings. The van der Waals surface area contributed by atoms with E-state index in [9.17, 15) is 20.4 Å². The quantitative estimate of drug-likeness (QED) is 0.584. The molecule has 0 bridgehead atoms. The third-order valence-electron chi connectivity index (χ3n) is 9.56. The topological polar surface area (TPSA) is 80.9 Å². The maximum absolute atomic E-state index is 11.3. The summed E-state index contributed by atoms with van der Waals surface area (Å²) in [6.45, 7) is 6.26. The largest absolute Gasteiger partial charge is 0.393 e. The molecule has 4 aliphatic carbocycles. The Balaban J connectivity index is 1.67. The van der Waals surface area contributed by atoms with E-state index in [1.54, 1.807) is 6.92 Å². The molecule has 0 radical (unpaired) electrons. The Morgan fingerprint density at radius 3 is 2.24 bits per heavy atom. The van der Waals surface area contributed by atoms with Crippen molar-refractivity contribution in [3.8, 4) is 0 Å². The van der Waals surface area contributed by atoms with Crippen molar-refractivity contribution in [2.75, 3.05) is 0 Å². The second-order valence-electron chi connectivity index (χ2n) is 10.3. The van der Waals surface area contributed by atoms with E-state index < -0.39 is 11.7 Å². The molecular weight excluding hydrogens is 316 g/mol. The van der Waals surface area contributed by atoms with E-state index in [1.165, 1.54) is 0 Å². The molecule has 0 heterocycles. The van der Waals surface area contributed by atoms with Gasteiger partial charge < -0.3 is 20.4 Å². The van der Waals surface area contributed by atoms with Gasteiger partial charge in [0.25, 0.3) is 0 Å². The van der Waals surface area contributed by atoms with Crippen molar-refractivity contribution < 1.29 is 20.4 Å². The Hall–Kier alpha value is -0.160. The van der Waals surface area contributed by atoms with Crippen LogP contribution in [0, 0.1) is 34.5 Å². The van der Waals surface area contributed by atoms with Crippen LogP contribution >= 0.6 is 0 Å². The van der Waals surface area contributed by atoms with Gasteiger partial charge in [0, 0.05) is 5.41 Å². The van der Waals surface area contributed by atoms with Crippen LogP contribution in [0.2, 0.25) is 0 Å². The van der Waals surface area contributed by atoms with Gasteiger partial charge in [0.15, 0.2) is 0 Å². The summed E-state index contributed by atoms with van der Waals surface area (Å²) in [5, 5.41) is 42.6. The van der Waals surface area contributed by atoms with Crippen LogP contribution in [0.1, 0.15) is 72.1 Å². The number of hydrogen-bond acceptors (Lipinski definition) is 4. The zero-order valence-electron chi connectivity index (χ0n) is 16.0. The standard InChI is InChI=1S/C21H36O4/c1-12(22)21(25)9-6-16-14-11-18(24)17-10-13(23)4-7-19(17,2)15(14)5-8-20(16,21)3/h12-18,22-25H,4-11H2,1-3H3/t12-,13+,14+,15-,16-,17+,18-,19+,20-,21-/m0/s1. The number of aliphatic hydroxyl groups is 4. The van der Waals surface area contributed by atoms with Crippen LogP contribution in [0.4, 0.5) is 0 Å². The number of fused-ring (bicyclic) bond motifs is 5. The highest BCUT2D eigenvalue weighted by Gasteiger charge is 2.66. The summed E-state index contributed by atoms with van der Waals surface area (Å²) < 4.78 is 0. The summed E-state index contributed by atoms with van der Waals surface area (Å²) in [4.78, 5) is 0. The molecule has 4 nitrogen and oxygen atoms in total. The first-order valence-corrected chi connectivity index (χ1v) is 10.4. The predicted molar refractivity (Wildman–Crippen MR) is 95.8 cm³/mol. The van der Waals surface area contributed by atoms with Gasteiger partial charge in [-0.2, -0.15) is 0 Å². The molecule has 4 heteroatoms. The number of aliphatic hydroxyl groups excluding tert-OH is 3. The van der Waals surface area contributed by atoms with E-state index in [2.05, 4.69) is 13.8 Å². The van der Waals surface area contributed by atoms with Crippen LogP contribution in [0.15, 0.2) is 0 Å². The van der Waals surface area contributed by atoms with E-state index in [1.807, 2.05) is 0 Å². The molecule has 4 saturated carbocycles. The van der Waals surface area contributed by atoms with E-state index in [4.69, 9.17) is 0 Å². The highest BCUT2D eigenvalue weighted by atomic mass is 16.3. The van der Waals surface area contributed by atoms with E-state index in [0.29, 0.717) is 24.2 Å². The first kappa shape index (κ1) is 18.2. The molecule has 0 aromatic heterocycles. The van der Waals surface area contributed by atoms with Crippen molar-refractivity contribution in [1.82, 2.24) is 0 Å². The van der Waals surface area contributed by atoms with E-state index in [0.717, 1.165) is 44.9 Å². The van der Waals surface area contributed by atoms with Crippen LogP contribution in [0.3, 0.4) is 0 Å². The normalized spacial score (nSPS) is 59.6. The Kier molecular flexibility index (Phi) is 4.13. The zero-order chi connectivity index (χ0) is 18.2. The molecule has 144 valence electrons. The molecular formula is C21H36O4. The summed E-state index contributed by atoms with van der Waals surface area (Å²) in [6.07, 6.45) is 5.73. The molecule has 10 atom stereocenters. The predicted octanol–water partition coefficient (Wildman–Crippen LogP) is 2.47. The monoisotopic (exact) mass is 352 g/mol. The van der Waals surface area contributed by atoms with Crippen molar-refractivity contribution in [2.24, 2.45) is 34.5 Å². The maximum Gasteiger partial charge on any atom is 0.0958 e. The molecule has 0 aliphatic heterocycles. The minimum absolute atomic E-state index is 0.106. The molecule has 25 heavy (non-hydrogen) atoms. The lowest BCUT2D eigenvalue weighted by atomic mass is 9.43. The van der Waals surface area contributed by atoms with Crippen molar-refractivity contribution in [1.29, 1.82) is 0 Å². The van der Waals surface area contributed by atoms with Crippen LogP contribution in [-0.4, -0.2) is 44.3 Å². The molecule has 0 amide bonds. The van der Waals surface area contributed by atoms with Gasteiger partial charge in [-0.3, -0.25) is 0 Å². The van der Waals surface area contributed by atoms with Gasteiger partial charge in [0.1, 0.15) is 0 Å². The van der Waals surface area contributed by atoms with Gasteiger partial charge in [0.2, 0.25) is 0 Å². The second kappa shape index (κ2) is 5.67. The molecule has 0 unspecified atom stereocenters. The average molecular weight is 353 g/mol. The lowest BCUT2D eigenvalue weighted by Crippen LogP contribution is -2.61. The lowest BCUT2D eigenvalue weighted by molar-refractivity contribution is -0.203. The fraction of sp³-hybridized carbons (Fsp3) is 1.00. The van der Waals surface area contributed by atoms with Crippen LogP contribution < -0.4 is 0 Å². The van der Waals surface area contributed by atoms with Gasteiger partial charge in [-0.15, -0.1) is 0 Å². The fourth-order valence-electron chi connectivity index (χ4n) is 8.02. The summed E-state index contributed by atoms with van der Waals surface area (Å²) in [7, 11) is 0. The number of hydrogen-bond donors (Lipinski definition) is 4. The summed E-state index contributed by atoms with van der Waals surface area (Å²) in [5.41, 5.74) is -1.14. The van der Waals surface area contributed by atoms with E-state index in [-0.39, 0.29) is 29.0 Å². The van der Waals surface area contributed by atoms with Gasteiger partial charge in [0.05, 0.1) is 23.9 Å². The fourth-order valence-corrected chi connectivity index (χ4v) is 8.02. The third-order valence-corrected chi connectivity index (χ3v) is 9.56. The Morgan fingerprint density at radius 2 is 1.56 bits per heavy atom. The van der Waals surface area contributed by atoms with Crippen molar-refractivity contribution in [3.63, 3.8) is 0 Å². The molecule has 0 saturated heterocycles. The van der Waals surface area contributed by atoms with Crippen LogP contribution in [0.5, 0.6) is 0 Å². The maximum atomic E-state index is 11.3. The van der Waals surface area contributed by atoms with Gasteiger partial charge in [-0.05, 0) is 87.4 Å². The van der Waals surface area contributed by atoms with Gasteiger partial charge in [-0.25, -0.2) is 0 Å². The van der Waals surface area contributed by atoms with Gasteiger partial charge >= 0.3 is 0 Å². The lowest BCUT2D eigenvalue weighted by Gasteiger charge is -2.62. The van der Waals surface area contributed by atoms with Crippen LogP contribution in [-0.2, 0) is 0 Å². The summed E-state index contributed by atoms with van der Waals surface area (Å²) in [5.74, 6) is 1.59. The van der Waals surface area contributed by atoms with Crippen molar-refractivity contribution in [3.05, 3.63) is 0 Å². The smallest absolute Gasteiger partial charge is 0.0958 e. The Morgan fingerprint density at radius 1 is 0.880 bits per heavy atom. The van der Waals surface area contributed by atoms with Crippen LogP contribution in [0.25, 0.3) is 0 Å². The molecule has 0 aromatic carbocycles. The molecule has 4 fully saturated rings. The summed E-state index contributed by atoms with van der Waals surface area (Å²) in [6, 6.07) is 0. The minimum atomic E-state index is -0.992. The first-order chi connectivity index (χ1) is 11.6. The Labute approximate surface area is 151 Å². The minimum Gasteiger partial charge on any atom is -0.393 e. The highest BCUT2D eigenvalue weighted by molar-refractivity contribution is 5.16. The molecule has 4 N–H and O–H groups in total. The second-order valence-corrected chi connectivity index (χ2v) is 10.3.